The van der Waals surface area contributed by atoms with Crippen LogP contribution in [0, 0.1) is 11.8 Å². The number of ether oxygens (including phenoxy) is 1. The molecule has 0 aromatic carbocycles. The topological polar surface area (TPSA) is 114 Å². The zero-order chi connectivity index (χ0) is 19.9. The van der Waals surface area contributed by atoms with Gasteiger partial charge in [0.05, 0.1) is 18.9 Å². The summed E-state index contributed by atoms with van der Waals surface area (Å²) in [5, 5.41) is 9.01. The Morgan fingerprint density at radius 2 is 2.00 bits per heavy atom. The van der Waals surface area contributed by atoms with Crippen LogP contribution in [0.5, 0.6) is 0 Å². The van der Waals surface area contributed by atoms with Gasteiger partial charge in [0.1, 0.15) is 10.7 Å². The van der Waals surface area contributed by atoms with Gasteiger partial charge in [0.25, 0.3) is 0 Å². The maximum Gasteiger partial charge on any atom is 0.393 e. The summed E-state index contributed by atoms with van der Waals surface area (Å²) in [5.41, 5.74) is 0. The minimum atomic E-state index is -4.87. The van der Waals surface area contributed by atoms with E-state index in [1.165, 1.54) is 6.92 Å². The molecule has 0 bridgehead atoms. The van der Waals surface area contributed by atoms with E-state index in [9.17, 15) is 31.2 Å². The Morgan fingerprint density at radius 3 is 2.42 bits per heavy atom. The Labute approximate surface area is 146 Å². The summed E-state index contributed by atoms with van der Waals surface area (Å²) in [4.78, 5) is 22.2. The van der Waals surface area contributed by atoms with Crippen molar-refractivity contribution in [3.05, 3.63) is 17.6 Å². The molecule has 0 unspecified atom stereocenters. The zero-order valence-electron chi connectivity index (χ0n) is 13.7. The minimum Gasteiger partial charge on any atom is -0.481 e. The molecule has 0 radical (unpaired) electrons. The van der Waals surface area contributed by atoms with Gasteiger partial charge in [0.15, 0.2) is 0 Å². The number of aryl methyl sites for hydroxylation is 1. The van der Waals surface area contributed by atoms with E-state index in [0.29, 0.717) is 4.31 Å². The lowest BCUT2D eigenvalue weighted by Crippen LogP contribution is -2.34. The lowest BCUT2D eigenvalue weighted by Gasteiger charge is -2.18. The summed E-state index contributed by atoms with van der Waals surface area (Å²) < 4.78 is 74.7. The fourth-order valence-electron chi connectivity index (χ4n) is 2.76. The van der Waals surface area contributed by atoms with Crippen molar-refractivity contribution in [3.8, 4) is 0 Å². The van der Waals surface area contributed by atoms with E-state index in [-0.39, 0.29) is 12.2 Å². The summed E-state index contributed by atoms with van der Waals surface area (Å²) in [5.74, 6) is -7.46. The highest BCUT2D eigenvalue weighted by Gasteiger charge is 2.55. The van der Waals surface area contributed by atoms with Crippen LogP contribution in [0.3, 0.4) is 0 Å². The van der Waals surface area contributed by atoms with Gasteiger partial charge in [0, 0.05) is 25.6 Å². The average Bonchev–Trinajstić information content (AvgIpc) is 3.18. The Bertz CT molecular complexity index is 815. The Kier molecular flexibility index (Phi) is 5.38. The summed E-state index contributed by atoms with van der Waals surface area (Å²) in [6, 6.07) is 0.872. The molecule has 0 saturated carbocycles. The largest absolute Gasteiger partial charge is 0.481 e. The first-order chi connectivity index (χ1) is 11.9. The fraction of sp³-hybridized carbons (Fsp3) is 0.571. The molecule has 2 atom stereocenters. The van der Waals surface area contributed by atoms with Crippen LogP contribution in [0.1, 0.15) is 23.2 Å². The second kappa shape index (κ2) is 6.91. The number of furan rings is 1. The van der Waals surface area contributed by atoms with E-state index in [0.717, 1.165) is 13.2 Å². The first kappa shape index (κ1) is 20.2. The second-order valence-electron chi connectivity index (χ2n) is 5.66. The van der Waals surface area contributed by atoms with E-state index in [1.807, 2.05) is 0 Å². The number of methoxy groups -OCH3 is 1. The highest BCUT2D eigenvalue weighted by molar-refractivity contribution is 7.89. The first-order valence-corrected chi connectivity index (χ1v) is 8.88. The van der Waals surface area contributed by atoms with Gasteiger partial charge in [-0.3, -0.25) is 4.79 Å². The summed E-state index contributed by atoms with van der Waals surface area (Å²) >= 11 is 0. The fourth-order valence-corrected chi connectivity index (χ4v) is 4.48. The van der Waals surface area contributed by atoms with Gasteiger partial charge < -0.3 is 14.3 Å². The molecule has 0 aliphatic carbocycles. The number of alkyl halides is 3. The van der Waals surface area contributed by atoms with Crippen LogP contribution in [0.25, 0.3) is 0 Å². The minimum absolute atomic E-state index is 0.0461. The quantitative estimate of drug-likeness (QED) is 0.747. The van der Waals surface area contributed by atoms with E-state index in [1.54, 1.807) is 0 Å². The van der Waals surface area contributed by atoms with Crippen molar-refractivity contribution in [2.45, 2.75) is 24.4 Å². The predicted molar refractivity (Wildman–Crippen MR) is 78.9 cm³/mol. The average molecular weight is 399 g/mol. The lowest BCUT2D eigenvalue weighted by molar-refractivity contribution is -0.187. The van der Waals surface area contributed by atoms with Crippen molar-refractivity contribution >= 4 is 22.0 Å². The van der Waals surface area contributed by atoms with E-state index >= 15 is 0 Å². The Morgan fingerprint density at radius 1 is 1.38 bits per heavy atom. The van der Waals surface area contributed by atoms with E-state index in [4.69, 9.17) is 9.52 Å². The van der Waals surface area contributed by atoms with E-state index < -0.39 is 63.7 Å². The first-order valence-electron chi connectivity index (χ1n) is 7.44. The molecule has 0 spiro atoms. The van der Waals surface area contributed by atoms with Crippen LogP contribution in [-0.2, 0) is 26.0 Å². The van der Waals surface area contributed by atoms with E-state index in [2.05, 4.69) is 4.74 Å². The van der Waals surface area contributed by atoms with Crippen LogP contribution in [0.4, 0.5) is 13.2 Å². The Balaban J connectivity index is 2.44. The molecule has 0 amide bonds. The lowest BCUT2D eigenvalue weighted by atomic mass is 9.96. The van der Waals surface area contributed by atoms with Gasteiger partial charge in [-0.05, 0) is 0 Å². The predicted octanol–water partition coefficient (Wildman–Crippen LogP) is 1.51. The van der Waals surface area contributed by atoms with Gasteiger partial charge in [-0.1, -0.05) is 6.92 Å². The molecule has 2 heterocycles. The van der Waals surface area contributed by atoms with Crippen LogP contribution >= 0.6 is 0 Å². The number of nitrogens with zero attached hydrogens (tertiary/aromatic N) is 1. The van der Waals surface area contributed by atoms with Crippen LogP contribution in [-0.4, -0.2) is 56.1 Å². The maximum atomic E-state index is 13.1. The Hall–Kier alpha value is -2.08. The van der Waals surface area contributed by atoms with Crippen molar-refractivity contribution in [1.82, 2.24) is 4.31 Å². The zero-order valence-corrected chi connectivity index (χ0v) is 14.6. The molecule has 1 aromatic heterocycles. The number of carbonyl (C=O) groups excluding carboxylic acids is 1. The molecule has 1 aromatic rings. The monoisotopic (exact) mass is 399 g/mol. The van der Waals surface area contributed by atoms with Gasteiger partial charge >= 0.3 is 18.1 Å². The van der Waals surface area contributed by atoms with Crippen molar-refractivity contribution in [2.75, 3.05) is 20.2 Å². The normalized spacial score (nSPS) is 21.7. The molecular formula is C14H16F3NO7S. The number of esters is 1. The molecule has 1 aliphatic heterocycles. The third-order valence-electron chi connectivity index (χ3n) is 4.12. The van der Waals surface area contributed by atoms with Crippen LogP contribution < -0.4 is 0 Å². The highest BCUT2D eigenvalue weighted by atomic mass is 32.2. The van der Waals surface area contributed by atoms with Crippen LogP contribution in [0.15, 0.2) is 15.4 Å². The van der Waals surface area contributed by atoms with Crippen molar-refractivity contribution in [3.63, 3.8) is 0 Å². The molecule has 146 valence electrons. The molecule has 1 fully saturated rings. The second-order valence-corrected chi connectivity index (χ2v) is 7.56. The third kappa shape index (κ3) is 3.56. The number of aliphatic carboxylic acids is 1. The molecular weight excluding hydrogens is 383 g/mol. The van der Waals surface area contributed by atoms with Crippen LogP contribution in [0.2, 0.25) is 0 Å². The number of carboxylic acid groups (broad SMARTS) is 1. The molecule has 1 N–H and O–H groups in total. The van der Waals surface area contributed by atoms with Gasteiger partial charge in [-0.15, -0.1) is 0 Å². The molecule has 1 aliphatic rings. The van der Waals surface area contributed by atoms with Gasteiger partial charge in [0.2, 0.25) is 15.8 Å². The summed E-state index contributed by atoms with van der Waals surface area (Å²) in [6.07, 6.45) is -4.82. The van der Waals surface area contributed by atoms with Crippen molar-refractivity contribution < 1.29 is 45.4 Å². The number of halogens is 3. The molecule has 8 nitrogen and oxygen atoms in total. The number of sulfonamides is 1. The highest BCUT2D eigenvalue weighted by Crippen LogP contribution is 2.40. The summed E-state index contributed by atoms with van der Waals surface area (Å²) in [7, 11) is -3.44. The van der Waals surface area contributed by atoms with Crippen molar-refractivity contribution in [2.24, 2.45) is 11.8 Å². The number of hydrogen-bond donors (Lipinski definition) is 1. The third-order valence-corrected chi connectivity index (χ3v) is 6.00. The summed E-state index contributed by atoms with van der Waals surface area (Å²) in [6.45, 7) is -0.324. The smallest absolute Gasteiger partial charge is 0.393 e. The molecule has 1 saturated heterocycles. The molecule has 2 rings (SSSR count). The number of carboxylic acids is 1. The number of carbonyl (C=O) groups is 2. The molecule has 26 heavy (non-hydrogen) atoms. The standard InChI is InChI=1S/C14H16F3NO7S/c1-3-9-11(4-10(25-9)13(21)24-2)26(22,23)18-5-7(12(19)20)8(6-18)14(15,16)17/h4,7-8H,3,5-6H2,1-2H3,(H,19,20)/t7-,8-/m1/s1. The molecule has 12 heteroatoms. The maximum absolute atomic E-state index is 13.1. The number of rotatable bonds is 5. The SMILES string of the molecule is CCc1oc(C(=O)OC)cc1S(=O)(=O)N1C[C@@H](C(F)(F)F)[C@H](C(=O)O)C1. The number of hydrogen-bond acceptors (Lipinski definition) is 6. The van der Waals surface area contributed by atoms with Crippen molar-refractivity contribution in [1.29, 1.82) is 0 Å². The van der Waals surface area contributed by atoms with Gasteiger partial charge in [-0.25, -0.2) is 13.2 Å². The van der Waals surface area contributed by atoms with Gasteiger partial charge in [-0.2, -0.15) is 17.5 Å².